The van der Waals surface area contributed by atoms with Gasteiger partial charge in [-0.15, -0.1) is 34.9 Å². The van der Waals surface area contributed by atoms with Crippen LogP contribution >= 0.6 is 0 Å². The van der Waals surface area contributed by atoms with Crippen molar-refractivity contribution >= 4 is 29.9 Å². The standard InChI is InChI=1S/C26H26NSi.C9H16O2.Ir/c1-18-15-19(2)17-21(16-18)23-12-11-22-24(27-23)13-14-25(28(3,4)5)26(22)20-9-7-6-8-10-20;1-6(2)8(10)5-9(11)7(3)4;/h6-16H,1-5H3;5-7,10H,1-4H3;/q-1;;/b;8-5-;. The second kappa shape index (κ2) is 14.2. The summed E-state index contributed by atoms with van der Waals surface area (Å²) >= 11 is 0. The van der Waals surface area contributed by atoms with Crippen molar-refractivity contribution in [3.05, 3.63) is 95.8 Å². The summed E-state index contributed by atoms with van der Waals surface area (Å²) in [5, 5.41) is 11.9. The quantitative estimate of drug-likeness (QED) is 0.0935. The maximum atomic E-state index is 11.0. The van der Waals surface area contributed by atoms with Crippen LogP contribution in [0.5, 0.6) is 0 Å². The van der Waals surface area contributed by atoms with Crippen molar-refractivity contribution in [3.8, 4) is 22.4 Å². The van der Waals surface area contributed by atoms with Gasteiger partial charge in [0.25, 0.3) is 0 Å². The third kappa shape index (κ3) is 8.57. The van der Waals surface area contributed by atoms with Crippen LogP contribution in [-0.2, 0) is 24.9 Å². The molecule has 5 heteroatoms. The summed E-state index contributed by atoms with van der Waals surface area (Å²) in [6.45, 7) is 18.8. The molecule has 4 aromatic rings. The van der Waals surface area contributed by atoms with Gasteiger partial charge in [-0.3, -0.25) is 9.78 Å². The maximum Gasteiger partial charge on any atom is 0.161 e. The van der Waals surface area contributed by atoms with Crippen molar-refractivity contribution in [2.45, 2.75) is 61.2 Å². The number of benzene rings is 3. The molecular weight excluding hydrogens is 687 g/mol. The zero-order chi connectivity index (χ0) is 28.9. The minimum absolute atomic E-state index is 0. The molecule has 0 aliphatic heterocycles. The number of fused-ring (bicyclic) bond motifs is 1. The maximum absolute atomic E-state index is 11.0. The van der Waals surface area contributed by atoms with Crippen molar-refractivity contribution in [2.75, 3.05) is 0 Å². The summed E-state index contributed by atoms with van der Waals surface area (Å²) in [6.07, 6.45) is 1.31. The second-order valence-electron chi connectivity index (χ2n) is 11.9. The summed E-state index contributed by atoms with van der Waals surface area (Å²) in [6, 6.07) is 27.4. The van der Waals surface area contributed by atoms with E-state index in [1.807, 2.05) is 27.7 Å². The van der Waals surface area contributed by atoms with E-state index >= 15 is 0 Å². The summed E-state index contributed by atoms with van der Waals surface area (Å²) in [5.41, 5.74) is 8.11. The first-order valence-electron chi connectivity index (χ1n) is 13.7. The van der Waals surface area contributed by atoms with Crippen LogP contribution in [0.1, 0.15) is 38.8 Å². The number of rotatable bonds is 6. The Hall–Kier alpha value is -2.85. The molecule has 0 atom stereocenters. The molecule has 0 bridgehead atoms. The summed E-state index contributed by atoms with van der Waals surface area (Å²) in [5.74, 6) is 0.161. The SMILES string of the molecule is CC(C)C(=O)/C=C(\O)C(C)C.Cc1[c-]c(-c2ccc3c(-c4ccccc4)c([Si](C)(C)C)ccc3n2)cc(C)c1.[Ir]. The number of allylic oxidation sites excluding steroid dienone is 2. The van der Waals surface area contributed by atoms with Gasteiger partial charge in [0.15, 0.2) is 5.78 Å². The van der Waals surface area contributed by atoms with Gasteiger partial charge in [-0.2, -0.15) is 0 Å². The summed E-state index contributed by atoms with van der Waals surface area (Å²) in [4.78, 5) is 16.0. The van der Waals surface area contributed by atoms with E-state index < -0.39 is 8.07 Å². The minimum Gasteiger partial charge on any atom is -0.512 e. The number of nitrogens with zero attached hydrogens (tertiary/aromatic N) is 1. The van der Waals surface area contributed by atoms with Crippen molar-refractivity contribution in [1.29, 1.82) is 0 Å². The molecule has 213 valence electrons. The smallest absolute Gasteiger partial charge is 0.161 e. The molecule has 3 nitrogen and oxygen atoms in total. The molecule has 0 saturated carbocycles. The van der Waals surface area contributed by atoms with Crippen molar-refractivity contribution in [2.24, 2.45) is 11.8 Å². The average Bonchev–Trinajstić information content (AvgIpc) is 2.87. The number of hydrogen-bond acceptors (Lipinski definition) is 3. The van der Waals surface area contributed by atoms with Gasteiger partial charge in [0.1, 0.15) is 0 Å². The van der Waals surface area contributed by atoms with Crippen LogP contribution < -0.4 is 5.19 Å². The molecule has 40 heavy (non-hydrogen) atoms. The van der Waals surface area contributed by atoms with Crippen LogP contribution in [-0.4, -0.2) is 23.9 Å². The molecule has 1 aromatic heterocycles. The third-order valence-electron chi connectivity index (χ3n) is 6.62. The molecule has 1 N–H and O–H groups in total. The number of carbonyl (C=O) groups excluding carboxylic acids is 1. The largest absolute Gasteiger partial charge is 0.512 e. The van der Waals surface area contributed by atoms with E-state index in [-0.39, 0.29) is 43.5 Å². The van der Waals surface area contributed by atoms with Crippen LogP contribution in [0, 0.1) is 31.7 Å². The molecule has 4 rings (SSSR count). The van der Waals surface area contributed by atoms with Crippen LogP contribution in [0.25, 0.3) is 33.3 Å². The average molecular weight is 729 g/mol. The second-order valence-corrected chi connectivity index (χ2v) is 16.9. The van der Waals surface area contributed by atoms with Gasteiger partial charge >= 0.3 is 0 Å². The molecule has 0 fully saturated rings. The molecule has 0 unspecified atom stereocenters. The fourth-order valence-electron chi connectivity index (χ4n) is 4.41. The van der Waals surface area contributed by atoms with Gasteiger partial charge in [0, 0.05) is 43.4 Å². The fraction of sp³-hybridized carbons (Fsp3) is 0.314. The van der Waals surface area contributed by atoms with Gasteiger partial charge in [0.05, 0.1) is 19.3 Å². The van der Waals surface area contributed by atoms with Crippen molar-refractivity contribution < 1.29 is 30.0 Å². The number of aliphatic hydroxyl groups excluding tert-OH is 1. The van der Waals surface area contributed by atoms with Crippen molar-refractivity contribution in [3.63, 3.8) is 0 Å². The predicted molar refractivity (Wildman–Crippen MR) is 169 cm³/mol. The number of aliphatic hydroxyl groups is 1. The molecular formula is C35H42IrNO2Si-. The number of carbonyl (C=O) groups is 1. The number of hydrogen-bond donors (Lipinski definition) is 1. The molecule has 1 heterocycles. The van der Waals surface area contributed by atoms with Crippen LogP contribution in [0.15, 0.2) is 78.6 Å². The van der Waals surface area contributed by atoms with Gasteiger partial charge < -0.3 is 5.11 Å². The molecule has 0 amide bonds. The van der Waals surface area contributed by atoms with E-state index in [1.165, 1.54) is 33.3 Å². The predicted octanol–water partition coefficient (Wildman–Crippen LogP) is 8.84. The Kier molecular flexibility index (Phi) is 11.8. The molecule has 0 spiro atoms. The Morgan fingerprint density at radius 1 is 0.900 bits per heavy atom. The summed E-state index contributed by atoms with van der Waals surface area (Å²) in [7, 11) is -1.50. The van der Waals surface area contributed by atoms with E-state index in [0.717, 1.165) is 22.3 Å². The molecule has 3 aromatic carbocycles. The Balaban J connectivity index is 0.000000400. The number of aromatic nitrogens is 1. The molecule has 0 aliphatic rings. The Morgan fingerprint density at radius 2 is 1.55 bits per heavy atom. The monoisotopic (exact) mass is 729 g/mol. The first-order valence-corrected chi connectivity index (χ1v) is 17.2. The fourth-order valence-corrected chi connectivity index (χ4v) is 6.02. The number of ketones is 1. The van der Waals surface area contributed by atoms with Crippen LogP contribution in [0.4, 0.5) is 0 Å². The van der Waals surface area contributed by atoms with Gasteiger partial charge in [0.2, 0.25) is 0 Å². The Labute approximate surface area is 255 Å². The van der Waals surface area contributed by atoms with Crippen LogP contribution in [0.3, 0.4) is 0 Å². The topological polar surface area (TPSA) is 50.2 Å². The number of aryl methyl sites for hydroxylation is 2. The normalized spacial score (nSPS) is 11.7. The van der Waals surface area contributed by atoms with E-state index in [4.69, 9.17) is 4.98 Å². The van der Waals surface area contributed by atoms with E-state index in [9.17, 15) is 9.90 Å². The Bertz CT molecular complexity index is 1460. The first-order chi connectivity index (χ1) is 18.3. The summed E-state index contributed by atoms with van der Waals surface area (Å²) < 4.78 is 0. The molecule has 0 saturated heterocycles. The zero-order valence-electron chi connectivity index (χ0n) is 25.2. The van der Waals surface area contributed by atoms with Gasteiger partial charge in [-0.25, -0.2) is 0 Å². The van der Waals surface area contributed by atoms with Crippen molar-refractivity contribution in [1.82, 2.24) is 4.98 Å². The van der Waals surface area contributed by atoms with E-state index in [0.29, 0.717) is 0 Å². The minimum atomic E-state index is -1.50. The third-order valence-corrected chi connectivity index (χ3v) is 8.65. The van der Waals surface area contributed by atoms with E-state index in [2.05, 4.69) is 106 Å². The first kappa shape index (κ1) is 33.4. The van der Waals surface area contributed by atoms with Gasteiger partial charge in [-0.05, 0) is 22.9 Å². The Morgan fingerprint density at radius 3 is 2.10 bits per heavy atom. The number of pyridine rings is 1. The van der Waals surface area contributed by atoms with Gasteiger partial charge in [-0.1, -0.05) is 115 Å². The molecule has 1 radical (unpaired) electrons. The van der Waals surface area contributed by atoms with Crippen LogP contribution in [0.2, 0.25) is 19.6 Å². The molecule has 0 aliphatic carbocycles. The van der Waals surface area contributed by atoms with E-state index in [1.54, 1.807) is 0 Å². The zero-order valence-corrected chi connectivity index (χ0v) is 28.6.